The molecule has 3 N–H and O–H groups in total. The fraction of sp³-hybridized carbons (Fsp3) is 0.583. The van der Waals surface area contributed by atoms with Crippen LogP contribution in [0.4, 0.5) is 20.7 Å². The Hall–Kier alpha value is -3.37. The molecule has 0 spiro atoms. The van der Waals surface area contributed by atoms with Crippen LogP contribution in [0, 0.1) is 5.82 Å². The molecule has 10 nitrogen and oxygen atoms in total. The van der Waals surface area contributed by atoms with Gasteiger partial charge in [0.25, 0.3) is 0 Å². The number of anilines is 1. The molecule has 4 heterocycles. The molecule has 190 valence electrons. The number of nitrogens with one attached hydrogen (secondary N) is 1. The van der Waals surface area contributed by atoms with Gasteiger partial charge in [-0.05, 0) is 46.6 Å². The van der Waals surface area contributed by atoms with E-state index in [0.29, 0.717) is 42.5 Å². The topological polar surface area (TPSA) is 120 Å². The summed E-state index contributed by atoms with van der Waals surface area (Å²) in [4.78, 5) is 23.1. The first-order chi connectivity index (χ1) is 16.6. The Morgan fingerprint density at radius 3 is 2.91 bits per heavy atom. The third-order valence-electron chi connectivity index (χ3n) is 5.94. The maximum atomic E-state index is 14.3. The molecule has 1 fully saturated rings. The van der Waals surface area contributed by atoms with Gasteiger partial charge in [-0.3, -0.25) is 0 Å². The smallest absolute Gasteiger partial charge is 0.407 e. The van der Waals surface area contributed by atoms with Gasteiger partial charge in [-0.25, -0.2) is 23.8 Å². The second kappa shape index (κ2) is 10.1. The van der Waals surface area contributed by atoms with Crippen molar-refractivity contribution in [2.75, 3.05) is 18.8 Å². The molecule has 0 radical (unpaired) electrons. The van der Waals surface area contributed by atoms with Gasteiger partial charge in [-0.2, -0.15) is 5.10 Å². The minimum Gasteiger partial charge on any atom is -0.474 e. The summed E-state index contributed by atoms with van der Waals surface area (Å²) in [5, 5.41) is 6.99. The number of pyridine rings is 1. The summed E-state index contributed by atoms with van der Waals surface area (Å²) in [5.74, 6) is 1.56. The number of halogens is 1. The lowest BCUT2D eigenvalue weighted by molar-refractivity contribution is 0.0521. The number of carbonyl (C=O) groups excluding carboxylic acids is 1. The number of aromatic nitrogens is 3. The van der Waals surface area contributed by atoms with E-state index in [1.807, 2.05) is 27.7 Å². The SMILES string of the molecule is C[C@@H](CCNC(=O)OC(C)(C)C)Oc1ncc(F)cc1[C@H]1CCCN1C1=Nc2c(N)cnn2CC1. The number of hydrogen-bond acceptors (Lipinski definition) is 8. The minimum absolute atomic E-state index is 0.102. The largest absolute Gasteiger partial charge is 0.474 e. The van der Waals surface area contributed by atoms with Crippen LogP contribution in [0.15, 0.2) is 23.5 Å². The van der Waals surface area contributed by atoms with E-state index in [-0.39, 0.29) is 12.1 Å². The highest BCUT2D eigenvalue weighted by atomic mass is 19.1. The molecule has 0 aliphatic carbocycles. The van der Waals surface area contributed by atoms with Crippen LogP contribution in [-0.2, 0) is 11.3 Å². The third kappa shape index (κ3) is 6.01. The van der Waals surface area contributed by atoms with E-state index >= 15 is 0 Å². The Labute approximate surface area is 204 Å². The van der Waals surface area contributed by atoms with Crippen molar-refractivity contribution in [1.82, 2.24) is 25.0 Å². The third-order valence-corrected chi connectivity index (χ3v) is 5.94. The van der Waals surface area contributed by atoms with Crippen LogP contribution in [0.3, 0.4) is 0 Å². The van der Waals surface area contributed by atoms with Crippen molar-refractivity contribution in [3.63, 3.8) is 0 Å². The van der Waals surface area contributed by atoms with E-state index in [4.69, 9.17) is 20.2 Å². The molecule has 0 bridgehead atoms. The fourth-order valence-electron chi connectivity index (χ4n) is 4.39. The Morgan fingerprint density at radius 1 is 1.34 bits per heavy atom. The van der Waals surface area contributed by atoms with E-state index in [0.717, 1.165) is 31.6 Å². The van der Waals surface area contributed by atoms with Crippen LogP contribution in [0.5, 0.6) is 5.88 Å². The van der Waals surface area contributed by atoms with E-state index in [1.54, 1.807) is 10.9 Å². The van der Waals surface area contributed by atoms with Gasteiger partial charge < -0.3 is 25.4 Å². The van der Waals surface area contributed by atoms with Crippen LogP contribution in [-0.4, -0.2) is 56.4 Å². The molecule has 0 unspecified atom stereocenters. The van der Waals surface area contributed by atoms with Crippen LogP contribution < -0.4 is 15.8 Å². The molecule has 0 aromatic carbocycles. The molecule has 1 saturated heterocycles. The highest BCUT2D eigenvalue weighted by Gasteiger charge is 2.33. The fourth-order valence-corrected chi connectivity index (χ4v) is 4.39. The summed E-state index contributed by atoms with van der Waals surface area (Å²) >= 11 is 0. The molecule has 2 atom stereocenters. The maximum Gasteiger partial charge on any atom is 0.407 e. The van der Waals surface area contributed by atoms with E-state index in [2.05, 4.69) is 20.3 Å². The van der Waals surface area contributed by atoms with Crippen LogP contribution in [0.1, 0.15) is 65.0 Å². The van der Waals surface area contributed by atoms with Crippen molar-refractivity contribution in [1.29, 1.82) is 0 Å². The molecule has 2 aliphatic heterocycles. The molecule has 0 saturated carbocycles. The molecule has 4 rings (SSSR count). The first-order valence-electron chi connectivity index (χ1n) is 12.0. The number of aliphatic imine (C=N–C) groups is 1. The van der Waals surface area contributed by atoms with E-state index < -0.39 is 17.5 Å². The second-order valence-electron chi connectivity index (χ2n) is 9.97. The van der Waals surface area contributed by atoms with Crippen LogP contribution in [0.2, 0.25) is 0 Å². The summed E-state index contributed by atoms with van der Waals surface area (Å²) in [6.45, 7) is 9.23. The standard InChI is InChI=1S/C24H34FN7O3/c1-15(7-9-27-23(33)35-24(2,3)4)34-22-17(12-16(25)13-28-22)19-6-5-10-31(19)20-8-11-32-21(30-20)18(26)14-29-32/h12-15,19H,5-11,26H2,1-4H3,(H,27,33)/t15-,19+/m0/s1. The molecule has 2 aliphatic rings. The maximum absolute atomic E-state index is 14.3. The number of ether oxygens (including phenoxy) is 2. The summed E-state index contributed by atoms with van der Waals surface area (Å²) in [7, 11) is 0. The van der Waals surface area contributed by atoms with E-state index in [9.17, 15) is 9.18 Å². The Balaban J connectivity index is 1.45. The average molecular weight is 488 g/mol. The van der Waals surface area contributed by atoms with Crippen molar-refractivity contribution in [3.8, 4) is 5.88 Å². The molecule has 1 amide bonds. The van der Waals surface area contributed by atoms with Gasteiger partial charge in [-0.15, -0.1) is 0 Å². The quantitative estimate of drug-likeness (QED) is 0.633. The number of amides is 1. The highest BCUT2D eigenvalue weighted by molar-refractivity contribution is 5.87. The predicted octanol–water partition coefficient (Wildman–Crippen LogP) is 3.95. The zero-order valence-corrected chi connectivity index (χ0v) is 20.8. The molecule has 2 aromatic rings. The number of amidine groups is 1. The number of rotatable bonds is 6. The number of fused-ring (bicyclic) bond motifs is 1. The van der Waals surface area contributed by atoms with E-state index in [1.165, 1.54) is 12.3 Å². The van der Waals surface area contributed by atoms with Crippen LogP contribution >= 0.6 is 0 Å². The number of nitrogens with zero attached hydrogens (tertiary/aromatic N) is 5. The van der Waals surface area contributed by atoms with Crippen LogP contribution in [0.25, 0.3) is 0 Å². The predicted molar refractivity (Wildman–Crippen MR) is 130 cm³/mol. The number of nitrogens with two attached hydrogens (primary N) is 1. The van der Waals surface area contributed by atoms with Gasteiger partial charge in [0, 0.05) is 31.5 Å². The van der Waals surface area contributed by atoms with Crippen molar-refractivity contribution in [2.24, 2.45) is 4.99 Å². The lowest BCUT2D eigenvalue weighted by Crippen LogP contribution is -2.34. The highest BCUT2D eigenvalue weighted by Crippen LogP contribution is 2.39. The number of likely N-dealkylation sites (tertiary alicyclic amines) is 1. The first kappa shape index (κ1) is 24.7. The molecule has 35 heavy (non-hydrogen) atoms. The number of hydrogen-bond donors (Lipinski definition) is 2. The monoisotopic (exact) mass is 487 g/mol. The van der Waals surface area contributed by atoms with Gasteiger partial charge in [0.1, 0.15) is 17.3 Å². The first-order valence-corrected chi connectivity index (χ1v) is 12.0. The number of nitrogen functional groups attached to an aromatic ring is 1. The van der Waals surface area contributed by atoms with Gasteiger partial charge >= 0.3 is 6.09 Å². The van der Waals surface area contributed by atoms with Gasteiger partial charge in [0.2, 0.25) is 5.88 Å². The Kier molecular flexibility index (Phi) is 7.13. The molecule has 11 heteroatoms. The van der Waals surface area contributed by atoms with Crippen molar-refractivity contribution in [3.05, 3.63) is 29.8 Å². The number of alkyl carbamates (subject to hydrolysis) is 1. The van der Waals surface area contributed by atoms with Crippen molar-refractivity contribution >= 4 is 23.4 Å². The van der Waals surface area contributed by atoms with Crippen molar-refractivity contribution in [2.45, 2.75) is 77.7 Å². The second-order valence-corrected chi connectivity index (χ2v) is 9.97. The molecular formula is C24H34FN7O3. The number of aryl methyl sites for hydroxylation is 1. The van der Waals surface area contributed by atoms with Gasteiger partial charge in [0.15, 0.2) is 5.82 Å². The molecular weight excluding hydrogens is 453 g/mol. The summed E-state index contributed by atoms with van der Waals surface area (Å²) in [6.07, 6.45) is 5.11. The summed E-state index contributed by atoms with van der Waals surface area (Å²) in [5.41, 5.74) is 6.72. The summed E-state index contributed by atoms with van der Waals surface area (Å²) < 4.78 is 27.5. The lowest BCUT2D eigenvalue weighted by atomic mass is 10.1. The summed E-state index contributed by atoms with van der Waals surface area (Å²) in [6, 6.07) is 1.40. The zero-order valence-electron chi connectivity index (χ0n) is 20.8. The normalized spacial score (nSPS) is 18.6. The van der Waals surface area contributed by atoms with Gasteiger partial charge in [0.05, 0.1) is 36.8 Å². The molecule has 2 aromatic heterocycles. The number of carbonyl (C=O) groups is 1. The zero-order chi connectivity index (χ0) is 25.2. The Bertz CT molecular complexity index is 1100. The van der Waals surface area contributed by atoms with Crippen molar-refractivity contribution < 1.29 is 18.7 Å². The van der Waals surface area contributed by atoms with Gasteiger partial charge in [-0.1, -0.05) is 0 Å². The lowest BCUT2D eigenvalue weighted by Gasteiger charge is -2.31. The Morgan fingerprint density at radius 2 is 2.14 bits per heavy atom. The average Bonchev–Trinajstić information content (AvgIpc) is 3.40. The minimum atomic E-state index is -0.555.